The van der Waals surface area contributed by atoms with E-state index in [-0.39, 0.29) is 60.9 Å². The standard InChI is InChI=1S/C32H46N4O4/c1-7-22(4)24(6)33-26-15-28(37)20-36(17-26)32(40)30(13-21(2)3)34-27-16-29(38)19-35(18-27)31(39)23(5)14-25-11-9-8-10-12-25/h8-12,15-16,21-24,30,33-34H,7,13-14,17-20H2,1-6H3. The summed E-state index contributed by atoms with van der Waals surface area (Å²) in [5, 5.41) is 6.71. The van der Waals surface area contributed by atoms with Gasteiger partial charge in [-0.15, -0.1) is 0 Å². The first-order chi connectivity index (χ1) is 19.0. The van der Waals surface area contributed by atoms with Gasteiger partial charge in [0.2, 0.25) is 11.8 Å². The van der Waals surface area contributed by atoms with E-state index in [1.807, 2.05) is 51.1 Å². The molecule has 0 aliphatic carbocycles. The lowest BCUT2D eigenvalue weighted by molar-refractivity contribution is -0.138. The normalized spacial score (nSPS) is 19.0. The van der Waals surface area contributed by atoms with Crippen molar-refractivity contribution >= 4 is 23.4 Å². The van der Waals surface area contributed by atoms with Crippen molar-refractivity contribution in [2.75, 3.05) is 26.2 Å². The Morgan fingerprint density at radius 3 is 1.90 bits per heavy atom. The molecule has 4 atom stereocenters. The molecule has 4 unspecified atom stereocenters. The molecule has 0 fully saturated rings. The third-order valence-electron chi connectivity index (χ3n) is 7.79. The minimum atomic E-state index is -0.616. The molecule has 2 heterocycles. The van der Waals surface area contributed by atoms with Crippen LogP contribution in [0.4, 0.5) is 0 Å². The highest BCUT2D eigenvalue weighted by atomic mass is 16.2. The van der Waals surface area contributed by atoms with Gasteiger partial charge in [0.25, 0.3) is 0 Å². The van der Waals surface area contributed by atoms with E-state index in [1.165, 1.54) is 6.08 Å². The number of carbonyl (C=O) groups is 4. The molecule has 2 N–H and O–H groups in total. The molecule has 0 spiro atoms. The van der Waals surface area contributed by atoms with Crippen LogP contribution in [-0.2, 0) is 25.6 Å². The van der Waals surface area contributed by atoms with Gasteiger partial charge in [0.05, 0.1) is 26.2 Å². The number of nitrogens with zero attached hydrogens (tertiary/aromatic N) is 2. The van der Waals surface area contributed by atoms with E-state index in [1.54, 1.807) is 15.9 Å². The Kier molecular flexibility index (Phi) is 11.1. The average molecular weight is 551 g/mol. The van der Waals surface area contributed by atoms with Crippen molar-refractivity contribution in [3.8, 4) is 0 Å². The number of hydrogen-bond acceptors (Lipinski definition) is 6. The summed E-state index contributed by atoms with van der Waals surface area (Å²) < 4.78 is 0. The summed E-state index contributed by atoms with van der Waals surface area (Å²) in [6.45, 7) is 12.9. The van der Waals surface area contributed by atoms with Crippen molar-refractivity contribution in [1.82, 2.24) is 20.4 Å². The van der Waals surface area contributed by atoms with Crippen molar-refractivity contribution in [3.05, 3.63) is 59.4 Å². The van der Waals surface area contributed by atoms with Crippen LogP contribution in [0.1, 0.15) is 59.9 Å². The van der Waals surface area contributed by atoms with Crippen molar-refractivity contribution in [1.29, 1.82) is 0 Å². The lowest BCUT2D eigenvalue weighted by atomic mass is 9.98. The number of nitrogens with one attached hydrogen (secondary N) is 2. The van der Waals surface area contributed by atoms with E-state index >= 15 is 0 Å². The molecule has 218 valence electrons. The molecule has 0 bridgehead atoms. The van der Waals surface area contributed by atoms with Crippen molar-refractivity contribution in [3.63, 3.8) is 0 Å². The average Bonchev–Trinajstić information content (AvgIpc) is 2.90. The molecule has 8 nitrogen and oxygen atoms in total. The van der Waals surface area contributed by atoms with Crippen LogP contribution in [0.5, 0.6) is 0 Å². The van der Waals surface area contributed by atoms with Gasteiger partial charge in [-0.25, -0.2) is 0 Å². The smallest absolute Gasteiger partial charge is 0.245 e. The number of benzene rings is 1. The van der Waals surface area contributed by atoms with Crippen LogP contribution in [0.15, 0.2) is 53.9 Å². The van der Waals surface area contributed by atoms with E-state index in [9.17, 15) is 19.2 Å². The Labute approximate surface area is 239 Å². The number of ketones is 2. The second kappa shape index (κ2) is 14.3. The number of hydrogen-bond donors (Lipinski definition) is 2. The molecule has 3 rings (SSSR count). The predicted octanol–water partition coefficient (Wildman–Crippen LogP) is 3.48. The van der Waals surface area contributed by atoms with Gasteiger partial charge in [-0.2, -0.15) is 0 Å². The van der Waals surface area contributed by atoms with Crippen LogP contribution in [0, 0.1) is 17.8 Å². The number of rotatable bonds is 12. The summed E-state index contributed by atoms with van der Waals surface area (Å²) in [5.41, 5.74) is 2.37. The maximum Gasteiger partial charge on any atom is 0.245 e. The highest BCUT2D eigenvalue weighted by Crippen LogP contribution is 2.18. The van der Waals surface area contributed by atoms with Crippen molar-refractivity contribution < 1.29 is 19.2 Å². The van der Waals surface area contributed by atoms with Crippen LogP contribution in [0.2, 0.25) is 0 Å². The zero-order valence-electron chi connectivity index (χ0n) is 24.9. The lowest BCUT2D eigenvalue weighted by Crippen LogP contribution is -2.53. The zero-order chi connectivity index (χ0) is 29.4. The summed E-state index contributed by atoms with van der Waals surface area (Å²) in [4.78, 5) is 55.4. The Morgan fingerprint density at radius 2 is 1.35 bits per heavy atom. The first-order valence-electron chi connectivity index (χ1n) is 14.6. The van der Waals surface area contributed by atoms with Crippen LogP contribution in [-0.4, -0.2) is 71.4 Å². The summed E-state index contributed by atoms with van der Waals surface area (Å²) >= 11 is 0. The highest BCUT2D eigenvalue weighted by Gasteiger charge is 2.32. The molecule has 2 aliphatic rings. The molecule has 8 heteroatoms. The first-order valence-corrected chi connectivity index (χ1v) is 14.6. The van der Waals surface area contributed by atoms with Gasteiger partial charge in [-0.05, 0) is 37.2 Å². The summed E-state index contributed by atoms with van der Waals surface area (Å²) in [6, 6.07) is 9.39. The van der Waals surface area contributed by atoms with Gasteiger partial charge in [0.1, 0.15) is 6.04 Å². The third-order valence-corrected chi connectivity index (χ3v) is 7.79. The van der Waals surface area contributed by atoms with Crippen molar-refractivity contribution in [2.24, 2.45) is 17.8 Å². The molecule has 0 radical (unpaired) electrons. The molecule has 0 saturated heterocycles. The van der Waals surface area contributed by atoms with Gasteiger partial charge >= 0.3 is 0 Å². The molecule has 2 amide bonds. The van der Waals surface area contributed by atoms with Gasteiger partial charge in [-0.1, -0.05) is 71.4 Å². The maximum atomic E-state index is 13.7. The Morgan fingerprint density at radius 1 is 0.800 bits per heavy atom. The second-order valence-corrected chi connectivity index (χ2v) is 11.9. The molecular weight excluding hydrogens is 504 g/mol. The minimum absolute atomic E-state index is 0.0254. The van der Waals surface area contributed by atoms with Crippen LogP contribution < -0.4 is 10.6 Å². The molecular formula is C32H46N4O4. The van der Waals surface area contributed by atoms with Crippen LogP contribution >= 0.6 is 0 Å². The van der Waals surface area contributed by atoms with Gasteiger partial charge in [-0.3, -0.25) is 19.2 Å². The molecule has 2 aliphatic heterocycles. The van der Waals surface area contributed by atoms with E-state index in [0.717, 1.165) is 17.7 Å². The summed E-state index contributed by atoms with van der Waals surface area (Å²) in [6.07, 6.45) is 5.25. The minimum Gasteiger partial charge on any atom is -0.384 e. The van der Waals surface area contributed by atoms with Gasteiger partial charge in [0.15, 0.2) is 11.6 Å². The van der Waals surface area contributed by atoms with E-state index in [4.69, 9.17) is 0 Å². The Hall–Kier alpha value is -3.42. The van der Waals surface area contributed by atoms with Gasteiger partial charge in [0, 0.05) is 35.5 Å². The quantitative estimate of drug-likeness (QED) is 0.414. The third kappa shape index (κ3) is 8.80. The van der Waals surface area contributed by atoms with E-state index in [2.05, 4.69) is 31.4 Å². The molecule has 1 aromatic rings. The molecule has 1 aromatic carbocycles. The highest BCUT2D eigenvalue weighted by molar-refractivity contribution is 5.98. The Balaban J connectivity index is 1.69. The van der Waals surface area contributed by atoms with Gasteiger partial charge < -0.3 is 20.4 Å². The summed E-state index contributed by atoms with van der Waals surface area (Å²) in [7, 11) is 0. The maximum absolute atomic E-state index is 13.7. The second-order valence-electron chi connectivity index (χ2n) is 11.9. The monoisotopic (exact) mass is 550 g/mol. The largest absolute Gasteiger partial charge is 0.384 e. The number of carbonyl (C=O) groups excluding carboxylic acids is 4. The fourth-order valence-electron chi connectivity index (χ4n) is 5.25. The van der Waals surface area contributed by atoms with E-state index < -0.39 is 6.04 Å². The SMILES string of the molecule is CCC(C)C(C)NC1=CC(=O)CN(C(=O)C(CC(C)C)NC2=CC(=O)CN(C(=O)C(C)Cc3ccccc3)C2)C1. The molecule has 40 heavy (non-hydrogen) atoms. The van der Waals surface area contributed by atoms with Crippen LogP contribution in [0.25, 0.3) is 0 Å². The first kappa shape index (κ1) is 31.1. The molecule has 0 saturated carbocycles. The molecule has 0 aromatic heterocycles. The van der Waals surface area contributed by atoms with Crippen molar-refractivity contribution in [2.45, 2.75) is 72.9 Å². The van der Waals surface area contributed by atoms with Crippen LogP contribution in [0.3, 0.4) is 0 Å². The fraction of sp³-hybridized carbons (Fsp3) is 0.562. The fourth-order valence-corrected chi connectivity index (χ4v) is 5.25. The topological polar surface area (TPSA) is 98.8 Å². The predicted molar refractivity (Wildman–Crippen MR) is 157 cm³/mol. The lowest BCUT2D eigenvalue weighted by Gasteiger charge is -2.35. The Bertz CT molecular complexity index is 1130. The number of amides is 2. The zero-order valence-corrected chi connectivity index (χ0v) is 24.9. The summed E-state index contributed by atoms with van der Waals surface area (Å²) in [5.74, 6) is -0.214. The van der Waals surface area contributed by atoms with E-state index in [0.29, 0.717) is 31.0 Å².